The molecular formula is C10H12F2N2O. The van der Waals surface area contributed by atoms with Gasteiger partial charge in [0.25, 0.3) is 0 Å². The summed E-state index contributed by atoms with van der Waals surface area (Å²) in [5.41, 5.74) is 0.418. The Bertz CT molecular complexity index is 357. The summed E-state index contributed by atoms with van der Waals surface area (Å²) in [6, 6.07) is 3.30. The standard InChI is InChI=1S/C10H12F2N2O/c11-10(12)7-14(4-5-15)6-8-2-1-3-13-9(8)10/h1-3,15H,4-7H2. The summed E-state index contributed by atoms with van der Waals surface area (Å²) in [5, 5.41) is 8.73. The highest BCUT2D eigenvalue weighted by Gasteiger charge is 2.41. The van der Waals surface area contributed by atoms with Gasteiger partial charge in [-0.1, -0.05) is 6.07 Å². The van der Waals surface area contributed by atoms with E-state index in [2.05, 4.69) is 4.98 Å². The lowest BCUT2D eigenvalue weighted by molar-refractivity contribution is -0.0588. The molecule has 2 heterocycles. The second-order valence-corrected chi connectivity index (χ2v) is 3.65. The predicted molar refractivity (Wildman–Crippen MR) is 50.5 cm³/mol. The summed E-state index contributed by atoms with van der Waals surface area (Å²) in [7, 11) is 0. The molecule has 3 nitrogen and oxygen atoms in total. The van der Waals surface area contributed by atoms with E-state index < -0.39 is 5.92 Å². The average molecular weight is 214 g/mol. The topological polar surface area (TPSA) is 36.4 Å². The minimum atomic E-state index is -2.91. The molecule has 2 rings (SSSR count). The molecule has 0 spiro atoms. The first-order chi connectivity index (χ1) is 7.13. The van der Waals surface area contributed by atoms with Crippen molar-refractivity contribution in [3.05, 3.63) is 29.6 Å². The second kappa shape index (κ2) is 3.83. The van der Waals surface area contributed by atoms with Crippen molar-refractivity contribution in [2.75, 3.05) is 19.7 Å². The highest BCUT2D eigenvalue weighted by atomic mass is 19.3. The van der Waals surface area contributed by atoms with Gasteiger partial charge in [-0.05, 0) is 11.6 Å². The molecule has 5 heteroatoms. The van der Waals surface area contributed by atoms with Crippen LogP contribution >= 0.6 is 0 Å². The summed E-state index contributed by atoms with van der Waals surface area (Å²) < 4.78 is 27.2. The molecule has 0 radical (unpaired) electrons. The van der Waals surface area contributed by atoms with E-state index in [0.29, 0.717) is 12.1 Å². The van der Waals surface area contributed by atoms with Gasteiger partial charge in [-0.15, -0.1) is 0 Å². The molecule has 0 bridgehead atoms. The van der Waals surface area contributed by atoms with Crippen LogP contribution in [0.4, 0.5) is 8.78 Å². The molecule has 15 heavy (non-hydrogen) atoms. The normalized spacial score (nSPS) is 19.9. The zero-order chi connectivity index (χ0) is 10.9. The van der Waals surface area contributed by atoms with Crippen LogP contribution in [0.2, 0.25) is 0 Å². The van der Waals surface area contributed by atoms with Gasteiger partial charge in [0.15, 0.2) is 0 Å². The van der Waals surface area contributed by atoms with Gasteiger partial charge in [0.2, 0.25) is 0 Å². The SMILES string of the molecule is OCCN1Cc2cccnc2C(F)(F)C1. The number of aromatic nitrogens is 1. The third-order valence-corrected chi connectivity index (χ3v) is 2.47. The van der Waals surface area contributed by atoms with Crippen molar-refractivity contribution in [3.8, 4) is 0 Å². The van der Waals surface area contributed by atoms with Crippen LogP contribution < -0.4 is 0 Å². The first-order valence-electron chi connectivity index (χ1n) is 4.79. The van der Waals surface area contributed by atoms with Gasteiger partial charge in [-0.3, -0.25) is 9.88 Å². The highest BCUT2D eigenvalue weighted by Crippen LogP contribution is 2.34. The number of rotatable bonds is 2. The Morgan fingerprint density at radius 2 is 2.33 bits per heavy atom. The molecule has 1 N–H and O–H groups in total. The fourth-order valence-corrected chi connectivity index (χ4v) is 1.85. The molecule has 0 amide bonds. The number of aliphatic hydroxyl groups is 1. The molecule has 0 atom stereocenters. The van der Waals surface area contributed by atoms with E-state index in [1.807, 2.05) is 0 Å². The molecule has 0 saturated heterocycles. The van der Waals surface area contributed by atoms with Gasteiger partial charge in [0.05, 0.1) is 13.2 Å². The molecule has 0 unspecified atom stereocenters. The van der Waals surface area contributed by atoms with Crippen molar-refractivity contribution < 1.29 is 13.9 Å². The average Bonchev–Trinajstić information content (AvgIpc) is 2.17. The number of hydrogen-bond donors (Lipinski definition) is 1. The Kier molecular flexibility index (Phi) is 2.67. The molecular weight excluding hydrogens is 202 g/mol. The van der Waals surface area contributed by atoms with Crippen molar-refractivity contribution in [1.29, 1.82) is 0 Å². The van der Waals surface area contributed by atoms with Crippen molar-refractivity contribution in [2.45, 2.75) is 12.5 Å². The molecule has 0 fully saturated rings. The van der Waals surface area contributed by atoms with E-state index in [1.54, 1.807) is 12.1 Å². The monoisotopic (exact) mass is 214 g/mol. The minimum Gasteiger partial charge on any atom is -0.395 e. The molecule has 1 aromatic heterocycles. The second-order valence-electron chi connectivity index (χ2n) is 3.65. The van der Waals surface area contributed by atoms with Crippen LogP contribution in [0.1, 0.15) is 11.3 Å². The lowest BCUT2D eigenvalue weighted by atomic mass is 10.0. The quantitative estimate of drug-likeness (QED) is 0.797. The smallest absolute Gasteiger partial charge is 0.302 e. The molecule has 0 aliphatic carbocycles. The molecule has 0 aromatic carbocycles. The van der Waals surface area contributed by atoms with Crippen molar-refractivity contribution >= 4 is 0 Å². The highest BCUT2D eigenvalue weighted by molar-refractivity contribution is 5.26. The van der Waals surface area contributed by atoms with Crippen LogP contribution in [0.5, 0.6) is 0 Å². The summed E-state index contributed by atoms with van der Waals surface area (Å²) in [4.78, 5) is 5.26. The maximum Gasteiger partial charge on any atom is 0.302 e. The fraction of sp³-hybridized carbons (Fsp3) is 0.500. The van der Waals surface area contributed by atoms with Gasteiger partial charge in [0.1, 0.15) is 5.69 Å². The number of nitrogens with zero attached hydrogens (tertiary/aromatic N) is 2. The van der Waals surface area contributed by atoms with Crippen molar-refractivity contribution in [3.63, 3.8) is 0 Å². The Balaban J connectivity index is 2.31. The van der Waals surface area contributed by atoms with E-state index in [9.17, 15) is 8.78 Å². The summed E-state index contributed by atoms with van der Waals surface area (Å²) in [6.45, 7) is 0.229. The first kappa shape index (κ1) is 10.4. The predicted octanol–water partition coefficient (Wildman–Crippen LogP) is 0.981. The van der Waals surface area contributed by atoms with Gasteiger partial charge in [-0.2, -0.15) is 8.78 Å². The number of halogens is 2. The maximum atomic E-state index is 13.6. The van der Waals surface area contributed by atoms with Gasteiger partial charge >= 0.3 is 5.92 Å². The van der Waals surface area contributed by atoms with E-state index >= 15 is 0 Å². The number of β-amino-alcohol motifs (C(OH)–C–C–N with tert-alkyl or cyclic N) is 1. The Morgan fingerprint density at radius 1 is 1.53 bits per heavy atom. The van der Waals surface area contributed by atoms with Crippen LogP contribution in [-0.2, 0) is 12.5 Å². The van der Waals surface area contributed by atoms with Crippen LogP contribution in [0, 0.1) is 0 Å². The summed E-state index contributed by atoms with van der Waals surface area (Å²) in [5.74, 6) is -2.91. The minimum absolute atomic E-state index is 0.105. The van der Waals surface area contributed by atoms with Crippen LogP contribution in [-0.4, -0.2) is 34.7 Å². The van der Waals surface area contributed by atoms with Crippen LogP contribution in [0.15, 0.2) is 18.3 Å². The Labute approximate surface area is 86.4 Å². The zero-order valence-corrected chi connectivity index (χ0v) is 8.16. The molecule has 82 valence electrons. The fourth-order valence-electron chi connectivity index (χ4n) is 1.85. The molecule has 1 aliphatic rings. The maximum absolute atomic E-state index is 13.6. The number of hydrogen-bond acceptors (Lipinski definition) is 3. The van der Waals surface area contributed by atoms with Gasteiger partial charge in [0, 0.05) is 19.3 Å². The number of pyridine rings is 1. The molecule has 1 aliphatic heterocycles. The van der Waals surface area contributed by atoms with E-state index in [-0.39, 0.29) is 25.4 Å². The van der Waals surface area contributed by atoms with Crippen molar-refractivity contribution in [2.24, 2.45) is 0 Å². The van der Waals surface area contributed by atoms with Gasteiger partial charge in [-0.25, -0.2) is 0 Å². The largest absolute Gasteiger partial charge is 0.395 e. The molecule has 1 aromatic rings. The zero-order valence-electron chi connectivity index (χ0n) is 8.16. The van der Waals surface area contributed by atoms with Crippen LogP contribution in [0.3, 0.4) is 0 Å². The Morgan fingerprint density at radius 3 is 3.07 bits per heavy atom. The van der Waals surface area contributed by atoms with E-state index in [4.69, 9.17) is 5.11 Å². The number of fused-ring (bicyclic) bond motifs is 1. The van der Waals surface area contributed by atoms with Gasteiger partial charge < -0.3 is 5.11 Å². The third kappa shape index (κ3) is 1.98. The van der Waals surface area contributed by atoms with E-state index in [1.165, 1.54) is 11.1 Å². The van der Waals surface area contributed by atoms with Crippen molar-refractivity contribution in [1.82, 2.24) is 9.88 Å². The Hall–Kier alpha value is -1.07. The number of alkyl halides is 2. The number of aliphatic hydroxyl groups excluding tert-OH is 1. The summed E-state index contributed by atoms with van der Waals surface area (Å²) in [6.07, 6.45) is 1.38. The third-order valence-electron chi connectivity index (χ3n) is 2.47. The molecule has 0 saturated carbocycles. The lowest BCUT2D eigenvalue weighted by Gasteiger charge is -2.32. The lowest BCUT2D eigenvalue weighted by Crippen LogP contribution is -2.42. The first-order valence-corrected chi connectivity index (χ1v) is 4.79. The van der Waals surface area contributed by atoms with E-state index in [0.717, 1.165) is 0 Å². The summed E-state index contributed by atoms with van der Waals surface area (Å²) >= 11 is 0. The van der Waals surface area contributed by atoms with Crippen LogP contribution in [0.25, 0.3) is 0 Å².